The molecule has 2 N–H and O–H groups in total. The summed E-state index contributed by atoms with van der Waals surface area (Å²) in [4.78, 5) is 0. The highest BCUT2D eigenvalue weighted by molar-refractivity contribution is 4.99. The summed E-state index contributed by atoms with van der Waals surface area (Å²) in [7, 11) is 0. The number of alkyl halides is 6. The molecule has 1 aliphatic rings. The van der Waals surface area contributed by atoms with E-state index in [1.54, 1.807) is 0 Å². The lowest BCUT2D eigenvalue weighted by atomic mass is 9.72. The fourth-order valence-corrected chi connectivity index (χ4v) is 2.34. The van der Waals surface area contributed by atoms with E-state index in [9.17, 15) is 26.3 Å². The Bertz CT molecular complexity index is 223. The first kappa shape index (κ1) is 13.6. The Labute approximate surface area is 89.0 Å². The lowest BCUT2D eigenvalue weighted by molar-refractivity contribution is -0.304. The largest absolute Gasteiger partial charge is 0.402 e. The molecule has 1 rings (SSSR count). The Morgan fingerprint density at radius 1 is 0.812 bits per heavy atom. The average molecular weight is 249 g/mol. The van der Waals surface area contributed by atoms with Gasteiger partial charge in [0.25, 0.3) is 0 Å². The standard InChI is InChI=1S/C9H13F6N/c10-8(11,12)6(9(13,14)15)7(16)4-2-1-3-5-7/h6H,1-5,16H2. The van der Waals surface area contributed by atoms with Gasteiger partial charge in [-0.2, -0.15) is 26.3 Å². The highest BCUT2D eigenvalue weighted by Gasteiger charge is 2.64. The molecule has 1 aliphatic carbocycles. The summed E-state index contributed by atoms with van der Waals surface area (Å²) >= 11 is 0. The summed E-state index contributed by atoms with van der Waals surface area (Å²) < 4.78 is 74.7. The van der Waals surface area contributed by atoms with Crippen LogP contribution >= 0.6 is 0 Å². The van der Waals surface area contributed by atoms with Crippen LogP contribution in [-0.2, 0) is 0 Å². The first-order valence-corrected chi connectivity index (χ1v) is 5.00. The maximum absolute atomic E-state index is 12.4. The van der Waals surface area contributed by atoms with Gasteiger partial charge < -0.3 is 5.73 Å². The van der Waals surface area contributed by atoms with Crippen molar-refractivity contribution in [3.8, 4) is 0 Å². The Hall–Kier alpha value is -0.460. The second-order valence-electron chi connectivity index (χ2n) is 4.31. The average Bonchev–Trinajstić information content (AvgIpc) is 1.97. The van der Waals surface area contributed by atoms with Crippen LogP contribution in [0.25, 0.3) is 0 Å². The number of nitrogens with two attached hydrogens (primary N) is 1. The number of hydrogen-bond acceptors (Lipinski definition) is 1. The molecule has 0 spiro atoms. The van der Waals surface area contributed by atoms with Crippen LogP contribution in [0.1, 0.15) is 32.1 Å². The van der Waals surface area contributed by atoms with Crippen LogP contribution in [0.2, 0.25) is 0 Å². The molecule has 0 saturated heterocycles. The third-order valence-electron chi connectivity index (χ3n) is 3.01. The van der Waals surface area contributed by atoms with Crippen molar-refractivity contribution in [3.05, 3.63) is 0 Å². The predicted octanol–water partition coefficient (Wildman–Crippen LogP) is 3.39. The van der Waals surface area contributed by atoms with Crippen LogP contribution in [-0.4, -0.2) is 17.9 Å². The summed E-state index contributed by atoms with van der Waals surface area (Å²) in [5.74, 6) is -3.41. The Balaban J connectivity index is 3.01. The zero-order valence-electron chi connectivity index (χ0n) is 8.46. The molecule has 96 valence electrons. The molecular weight excluding hydrogens is 236 g/mol. The molecule has 0 atom stereocenters. The van der Waals surface area contributed by atoms with Crippen molar-refractivity contribution in [1.82, 2.24) is 0 Å². The molecule has 0 bridgehead atoms. The maximum atomic E-state index is 12.4. The number of hydrogen-bond donors (Lipinski definition) is 1. The zero-order chi connectivity index (χ0) is 12.6. The molecule has 0 heterocycles. The van der Waals surface area contributed by atoms with Gasteiger partial charge in [-0.25, -0.2) is 0 Å². The van der Waals surface area contributed by atoms with Crippen molar-refractivity contribution in [3.63, 3.8) is 0 Å². The smallest absolute Gasteiger partial charge is 0.324 e. The second kappa shape index (κ2) is 4.09. The van der Waals surface area contributed by atoms with E-state index in [-0.39, 0.29) is 12.8 Å². The van der Waals surface area contributed by atoms with Gasteiger partial charge in [-0.15, -0.1) is 0 Å². The molecule has 0 aromatic rings. The van der Waals surface area contributed by atoms with Crippen molar-refractivity contribution in [2.45, 2.75) is 50.0 Å². The van der Waals surface area contributed by atoms with Crippen LogP contribution in [0.5, 0.6) is 0 Å². The van der Waals surface area contributed by atoms with Gasteiger partial charge in [0, 0.05) is 5.54 Å². The van der Waals surface area contributed by atoms with Crippen LogP contribution in [0.4, 0.5) is 26.3 Å². The highest BCUT2D eigenvalue weighted by atomic mass is 19.4. The lowest BCUT2D eigenvalue weighted by Gasteiger charge is -2.41. The zero-order valence-corrected chi connectivity index (χ0v) is 8.46. The number of halogens is 6. The summed E-state index contributed by atoms with van der Waals surface area (Å²) in [6.07, 6.45) is -9.83. The molecule has 1 saturated carbocycles. The van der Waals surface area contributed by atoms with E-state index in [4.69, 9.17) is 5.73 Å². The quantitative estimate of drug-likeness (QED) is 0.708. The van der Waals surface area contributed by atoms with Gasteiger partial charge in [-0.3, -0.25) is 0 Å². The van der Waals surface area contributed by atoms with Gasteiger partial charge in [0.05, 0.1) is 0 Å². The van der Waals surface area contributed by atoms with Gasteiger partial charge in [0.1, 0.15) is 0 Å². The minimum absolute atomic E-state index is 0.226. The van der Waals surface area contributed by atoms with E-state index >= 15 is 0 Å². The van der Waals surface area contributed by atoms with Crippen molar-refractivity contribution >= 4 is 0 Å². The molecule has 0 amide bonds. The summed E-state index contributed by atoms with van der Waals surface area (Å²) in [6.45, 7) is 0. The molecule has 1 nitrogen and oxygen atoms in total. The Morgan fingerprint density at radius 3 is 1.50 bits per heavy atom. The normalized spacial score (nSPS) is 22.5. The minimum Gasteiger partial charge on any atom is -0.324 e. The predicted molar refractivity (Wildman–Crippen MR) is 45.6 cm³/mol. The maximum Gasteiger partial charge on any atom is 0.402 e. The van der Waals surface area contributed by atoms with E-state index in [0.717, 1.165) is 0 Å². The summed E-state index contributed by atoms with van der Waals surface area (Å²) in [6, 6.07) is 0. The lowest BCUT2D eigenvalue weighted by Crippen LogP contribution is -2.59. The van der Waals surface area contributed by atoms with Gasteiger partial charge in [-0.05, 0) is 12.8 Å². The molecule has 1 fully saturated rings. The van der Waals surface area contributed by atoms with Gasteiger partial charge in [0.2, 0.25) is 0 Å². The molecular formula is C9H13F6N. The van der Waals surface area contributed by atoms with E-state index in [0.29, 0.717) is 19.3 Å². The van der Waals surface area contributed by atoms with Crippen LogP contribution in [0.15, 0.2) is 0 Å². The van der Waals surface area contributed by atoms with Crippen molar-refractivity contribution in [2.24, 2.45) is 11.7 Å². The second-order valence-corrected chi connectivity index (χ2v) is 4.31. The molecule has 0 aromatic carbocycles. The molecule has 7 heteroatoms. The van der Waals surface area contributed by atoms with E-state index in [2.05, 4.69) is 0 Å². The van der Waals surface area contributed by atoms with Crippen molar-refractivity contribution in [1.29, 1.82) is 0 Å². The number of rotatable bonds is 1. The van der Waals surface area contributed by atoms with E-state index in [1.807, 2.05) is 0 Å². The highest BCUT2D eigenvalue weighted by Crippen LogP contribution is 2.49. The molecule has 0 radical (unpaired) electrons. The summed E-state index contributed by atoms with van der Waals surface area (Å²) in [5.41, 5.74) is 3.15. The molecule has 0 aliphatic heterocycles. The minimum atomic E-state index is -5.33. The molecule has 0 aromatic heterocycles. The Kier molecular flexibility index (Phi) is 3.47. The topological polar surface area (TPSA) is 26.0 Å². The van der Waals surface area contributed by atoms with Crippen molar-refractivity contribution in [2.75, 3.05) is 0 Å². The molecule has 0 unspecified atom stereocenters. The fourth-order valence-electron chi connectivity index (χ4n) is 2.34. The molecule has 16 heavy (non-hydrogen) atoms. The summed E-state index contributed by atoms with van der Waals surface area (Å²) in [5, 5.41) is 0. The van der Waals surface area contributed by atoms with E-state index < -0.39 is 23.8 Å². The van der Waals surface area contributed by atoms with Crippen LogP contribution in [0.3, 0.4) is 0 Å². The van der Waals surface area contributed by atoms with Gasteiger partial charge in [-0.1, -0.05) is 19.3 Å². The van der Waals surface area contributed by atoms with E-state index in [1.165, 1.54) is 0 Å². The van der Waals surface area contributed by atoms with Gasteiger partial charge >= 0.3 is 12.4 Å². The first-order valence-electron chi connectivity index (χ1n) is 5.00. The van der Waals surface area contributed by atoms with Crippen molar-refractivity contribution < 1.29 is 26.3 Å². The SMILES string of the molecule is NC1(C(C(F)(F)F)C(F)(F)F)CCCCC1. The fraction of sp³-hybridized carbons (Fsp3) is 1.00. The third-order valence-corrected chi connectivity index (χ3v) is 3.01. The first-order chi connectivity index (χ1) is 7.07. The van der Waals surface area contributed by atoms with Crippen LogP contribution < -0.4 is 5.73 Å². The van der Waals surface area contributed by atoms with Gasteiger partial charge in [0.15, 0.2) is 5.92 Å². The monoisotopic (exact) mass is 249 g/mol. The third kappa shape index (κ3) is 2.81. The Morgan fingerprint density at radius 2 is 1.19 bits per heavy atom. The van der Waals surface area contributed by atoms with Crippen LogP contribution in [0, 0.1) is 5.92 Å².